The van der Waals surface area contributed by atoms with Crippen LogP contribution in [0.5, 0.6) is 0 Å². The molecule has 3 rings (SSSR count). The molecule has 2 heterocycles. The minimum absolute atomic E-state index is 0.116. The van der Waals surface area contributed by atoms with Crippen molar-refractivity contribution in [2.75, 3.05) is 5.32 Å². The van der Waals surface area contributed by atoms with Crippen molar-refractivity contribution >= 4 is 57.0 Å². The Kier molecular flexibility index (Phi) is 4.02. The number of aromatic amines is 1. The van der Waals surface area contributed by atoms with E-state index in [2.05, 4.69) is 25.3 Å². The lowest BCUT2D eigenvalue weighted by atomic mass is 10.2. The Morgan fingerprint density at radius 1 is 1.18 bits per heavy atom. The highest BCUT2D eigenvalue weighted by Crippen LogP contribution is 2.26. The minimum atomic E-state index is -0.286. The zero-order chi connectivity index (χ0) is 15.7. The van der Waals surface area contributed by atoms with Crippen molar-refractivity contribution in [3.8, 4) is 0 Å². The summed E-state index contributed by atoms with van der Waals surface area (Å²) in [5, 5.41) is 3.51. The summed E-state index contributed by atoms with van der Waals surface area (Å²) in [6.07, 6.45) is 1.23. The monoisotopic (exact) mass is 351 g/mol. The van der Waals surface area contributed by atoms with Gasteiger partial charge in [-0.25, -0.2) is 15.0 Å². The third kappa shape index (κ3) is 2.78. The van der Waals surface area contributed by atoms with Crippen molar-refractivity contribution in [3.63, 3.8) is 0 Å². The van der Waals surface area contributed by atoms with Gasteiger partial charge in [0.1, 0.15) is 17.0 Å². The Hall–Kier alpha value is -2.09. The van der Waals surface area contributed by atoms with Crippen LogP contribution in [0.4, 0.5) is 5.69 Å². The van der Waals surface area contributed by atoms with E-state index in [1.54, 1.807) is 24.3 Å². The molecule has 22 heavy (non-hydrogen) atoms. The van der Waals surface area contributed by atoms with Gasteiger partial charge in [-0.2, -0.15) is 0 Å². The molecule has 0 bridgehead atoms. The van der Waals surface area contributed by atoms with Gasteiger partial charge in [0, 0.05) is 0 Å². The van der Waals surface area contributed by atoms with E-state index >= 15 is 0 Å². The lowest BCUT2D eigenvalue weighted by molar-refractivity contribution is 1.14. The van der Waals surface area contributed by atoms with Gasteiger partial charge in [0.25, 0.3) is 5.56 Å². The van der Waals surface area contributed by atoms with Gasteiger partial charge in [-0.05, 0) is 12.1 Å². The molecule has 3 aromatic rings. The van der Waals surface area contributed by atoms with Gasteiger partial charge in [0.2, 0.25) is 0 Å². The average molecular weight is 352 g/mol. The molecule has 2 aromatic heterocycles. The number of thiocarbonyl (C=S) groups is 1. The molecular weight excluding hydrogens is 345 g/mol. The van der Waals surface area contributed by atoms with Crippen LogP contribution in [0.15, 0.2) is 35.4 Å². The second-order valence-electron chi connectivity index (χ2n) is 4.22. The van der Waals surface area contributed by atoms with Crippen LogP contribution in [0.3, 0.4) is 0 Å². The van der Waals surface area contributed by atoms with Gasteiger partial charge < -0.3 is 10.3 Å². The van der Waals surface area contributed by atoms with Crippen LogP contribution in [0.2, 0.25) is 10.3 Å². The van der Waals surface area contributed by atoms with Crippen molar-refractivity contribution in [2.24, 2.45) is 0 Å². The molecule has 0 aliphatic heterocycles. The fraction of sp³-hybridized carbons (Fsp3) is 0. The maximum atomic E-state index is 12.0. The van der Waals surface area contributed by atoms with Crippen LogP contribution in [0.25, 0.3) is 10.9 Å². The van der Waals surface area contributed by atoms with Crippen molar-refractivity contribution in [3.05, 3.63) is 57.1 Å². The third-order valence-corrected chi connectivity index (χ3v) is 3.69. The Labute approximate surface area is 139 Å². The highest BCUT2D eigenvalue weighted by Gasteiger charge is 2.13. The van der Waals surface area contributed by atoms with Gasteiger partial charge in [0.05, 0.1) is 10.9 Å². The SMILES string of the molecule is O=c1[nH]c(C(=S)Nc2c(Cl)ncnc2Cl)nc2ccccc12. The lowest BCUT2D eigenvalue weighted by Gasteiger charge is -2.09. The average Bonchev–Trinajstić information content (AvgIpc) is 2.51. The van der Waals surface area contributed by atoms with E-state index in [9.17, 15) is 4.79 Å². The van der Waals surface area contributed by atoms with Crippen molar-refractivity contribution in [2.45, 2.75) is 0 Å². The van der Waals surface area contributed by atoms with E-state index in [1.165, 1.54) is 6.33 Å². The lowest BCUT2D eigenvalue weighted by Crippen LogP contribution is -2.20. The highest BCUT2D eigenvalue weighted by atomic mass is 35.5. The second-order valence-corrected chi connectivity index (χ2v) is 5.34. The number of para-hydroxylation sites is 1. The Bertz CT molecular complexity index is 923. The standard InChI is InChI=1S/C13H7Cl2N5OS/c14-9-8(10(15)17-5-16-9)19-13(22)11-18-7-4-2-1-3-6(7)12(21)20-11/h1-5H,(H,19,22)(H,18,20,21). The number of halogens is 2. The molecule has 0 saturated carbocycles. The molecule has 0 spiro atoms. The molecule has 0 fully saturated rings. The van der Waals surface area contributed by atoms with E-state index in [1.807, 2.05) is 0 Å². The maximum absolute atomic E-state index is 12.0. The summed E-state index contributed by atoms with van der Waals surface area (Å²) in [6, 6.07) is 6.95. The zero-order valence-corrected chi connectivity index (χ0v) is 13.1. The first-order chi connectivity index (χ1) is 10.6. The molecule has 0 saturated heterocycles. The molecule has 0 atom stereocenters. The van der Waals surface area contributed by atoms with Crippen LogP contribution in [0, 0.1) is 0 Å². The molecule has 110 valence electrons. The topological polar surface area (TPSA) is 83.6 Å². The van der Waals surface area contributed by atoms with Crippen LogP contribution < -0.4 is 10.9 Å². The van der Waals surface area contributed by atoms with E-state index < -0.39 is 0 Å². The van der Waals surface area contributed by atoms with E-state index in [0.717, 1.165) is 0 Å². The summed E-state index contributed by atoms with van der Waals surface area (Å²) in [5.74, 6) is 0.203. The summed E-state index contributed by atoms with van der Waals surface area (Å²) < 4.78 is 0. The van der Waals surface area contributed by atoms with Crippen LogP contribution in [0.1, 0.15) is 5.82 Å². The van der Waals surface area contributed by atoms with Crippen molar-refractivity contribution < 1.29 is 0 Å². The smallest absolute Gasteiger partial charge is 0.259 e. The van der Waals surface area contributed by atoms with E-state index in [-0.39, 0.29) is 32.4 Å². The number of hydrogen-bond donors (Lipinski definition) is 2. The summed E-state index contributed by atoms with van der Waals surface area (Å²) in [5.41, 5.74) is 0.504. The van der Waals surface area contributed by atoms with Gasteiger partial charge in [-0.15, -0.1) is 0 Å². The summed E-state index contributed by atoms with van der Waals surface area (Å²) in [4.78, 5) is 26.7. The van der Waals surface area contributed by atoms with Crippen molar-refractivity contribution in [1.82, 2.24) is 19.9 Å². The van der Waals surface area contributed by atoms with Gasteiger partial charge in [0.15, 0.2) is 16.1 Å². The normalized spacial score (nSPS) is 10.6. The van der Waals surface area contributed by atoms with Gasteiger partial charge in [-0.3, -0.25) is 4.79 Å². The van der Waals surface area contributed by atoms with Crippen LogP contribution >= 0.6 is 35.4 Å². The summed E-state index contributed by atoms with van der Waals surface area (Å²) in [6.45, 7) is 0. The number of nitrogens with one attached hydrogen (secondary N) is 2. The molecule has 0 unspecified atom stereocenters. The Morgan fingerprint density at radius 3 is 2.59 bits per heavy atom. The zero-order valence-electron chi connectivity index (χ0n) is 10.8. The van der Waals surface area contributed by atoms with E-state index in [0.29, 0.717) is 10.9 Å². The number of H-pyrrole nitrogens is 1. The number of hydrogen-bond acceptors (Lipinski definition) is 5. The number of benzene rings is 1. The highest BCUT2D eigenvalue weighted by molar-refractivity contribution is 7.81. The molecule has 0 aliphatic rings. The molecule has 0 amide bonds. The molecular formula is C13H7Cl2N5OS. The minimum Gasteiger partial charge on any atom is -0.338 e. The van der Waals surface area contributed by atoms with Crippen LogP contribution in [-0.2, 0) is 0 Å². The van der Waals surface area contributed by atoms with Crippen LogP contribution in [-0.4, -0.2) is 24.9 Å². The number of anilines is 1. The predicted molar refractivity (Wildman–Crippen MR) is 89.7 cm³/mol. The predicted octanol–water partition coefficient (Wildman–Crippen LogP) is 2.81. The summed E-state index contributed by atoms with van der Waals surface area (Å²) in [7, 11) is 0. The maximum Gasteiger partial charge on any atom is 0.259 e. The molecule has 0 radical (unpaired) electrons. The number of nitrogens with zero attached hydrogens (tertiary/aromatic N) is 3. The quantitative estimate of drug-likeness (QED) is 0.545. The largest absolute Gasteiger partial charge is 0.338 e. The first kappa shape index (κ1) is 14.8. The molecule has 1 aromatic carbocycles. The molecule has 0 aliphatic carbocycles. The fourth-order valence-electron chi connectivity index (χ4n) is 1.81. The van der Waals surface area contributed by atoms with E-state index in [4.69, 9.17) is 35.4 Å². The molecule has 6 nitrogen and oxygen atoms in total. The first-order valence-corrected chi connectivity index (χ1v) is 7.19. The Morgan fingerprint density at radius 2 is 1.86 bits per heavy atom. The fourth-order valence-corrected chi connectivity index (χ4v) is 2.42. The van der Waals surface area contributed by atoms with Crippen molar-refractivity contribution in [1.29, 1.82) is 0 Å². The molecule has 2 N–H and O–H groups in total. The summed E-state index contributed by atoms with van der Waals surface area (Å²) >= 11 is 17.1. The van der Waals surface area contributed by atoms with Gasteiger partial charge >= 0.3 is 0 Å². The second kappa shape index (κ2) is 5.96. The first-order valence-electron chi connectivity index (χ1n) is 6.02. The number of fused-ring (bicyclic) bond motifs is 1. The third-order valence-electron chi connectivity index (χ3n) is 2.82. The number of aromatic nitrogens is 4. The molecule has 9 heteroatoms. The van der Waals surface area contributed by atoms with Gasteiger partial charge in [-0.1, -0.05) is 47.6 Å². The number of rotatable bonds is 2. The Balaban J connectivity index is 2.01.